The summed E-state index contributed by atoms with van der Waals surface area (Å²) in [6.07, 6.45) is 5.13. The van der Waals surface area contributed by atoms with Crippen molar-refractivity contribution in [1.29, 1.82) is 0 Å². The Balaban J connectivity index is 2.26. The predicted octanol–water partition coefficient (Wildman–Crippen LogP) is 1.87. The smallest absolute Gasteiger partial charge is 0.0823 e. The molecule has 2 N–H and O–H groups in total. The lowest BCUT2D eigenvalue weighted by Crippen LogP contribution is -2.01. The third-order valence-electron chi connectivity index (χ3n) is 2.17. The zero-order valence-corrected chi connectivity index (χ0v) is 9.07. The van der Waals surface area contributed by atoms with Gasteiger partial charge in [-0.1, -0.05) is 11.6 Å². The minimum Gasteiger partial charge on any atom is -0.396 e. The van der Waals surface area contributed by atoms with Gasteiger partial charge in [0.2, 0.25) is 0 Å². The van der Waals surface area contributed by atoms with Crippen LogP contribution in [-0.4, -0.2) is 14.8 Å². The largest absolute Gasteiger partial charge is 0.396 e. The van der Waals surface area contributed by atoms with Crippen LogP contribution in [0.4, 0.5) is 5.69 Å². The summed E-state index contributed by atoms with van der Waals surface area (Å²) in [6, 6.07) is 1.87. The second-order valence-electron chi connectivity index (χ2n) is 3.33. The maximum atomic E-state index is 5.99. The normalized spacial score (nSPS) is 10.5. The maximum absolute atomic E-state index is 5.99. The zero-order valence-electron chi connectivity index (χ0n) is 8.31. The van der Waals surface area contributed by atoms with Crippen molar-refractivity contribution >= 4 is 17.3 Å². The molecular weight excluding hydrogens is 212 g/mol. The molecule has 2 aromatic heterocycles. The number of anilines is 1. The van der Waals surface area contributed by atoms with Crippen LogP contribution in [0.3, 0.4) is 0 Å². The second kappa shape index (κ2) is 3.90. The number of halogens is 1. The van der Waals surface area contributed by atoms with E-state index in [1.54, 1.807) is 23.3 Å². The van der Waals surface area contributed by atoms with Crippen molar-refractivity contribution in [3.05, 3.63) is 40.9 Å². The van der Waals surface area contributed by atoms with E-state index in [-0.39, 0.29) is 0 Å². The highest BCUT2D eigenvalue weighted by Gasteiger charge is 2.04. The van der Waals surface area contributed by atoms with Gasteiger partial charge in [0.15, 0.2) is 0 Å². The molecule has 0 fully saturated rings. The Morgan fingerprint density at radius 2 is 2.33 bits per heavy atom. The van der Waals surface area contributed by atoms with Gasteiger partial charge >= 0.3 is 0 Å². The fourth-order valence-electron chi connectivity index (χ4n) is 1.32. The zero-order chi connectivity index (χ0) is 10.8. The third kappa shape index (κ3) is 2.10. The number of nitrogen functional groups attached to an aromatic ring is 1. The molecular formula is C10H11ClN4. The van der Waals surface area contributed by atoms with E-state index in [2.05, 4.69) is 10.1 Å². The van der Waals surface area contributed by atoms with Crippen molar-refractivity contribution in [3.8, 4) is 0 Å². The summed E-state index contributed by atoms with van der Waals surface area (Å²) >= 11 is 5.99. The Labute approximate surface area is 92.7 Å². The van der Waals surface area contributed by atoms with Gasteiger partial charge in [-0.3, -0.25) is 9.67 Å². The molecule has 0 atom stereocenters. The molecule has 0 bridgehead atoms. The SMILES string of the molecule is Cc1nn(Cc2ccncc2Cl)cc1N. The van der Waals surface area contributed by atoms with Gasteiger partial charge in [-0.2, -0.15) is 5.10 Å². The number of aromatic nitrogens is 3. The molecule has 0 radical (unpaired) electrons. The van der Waals surface area contributed by atoms with Crippen LogP contribution >= 0.6 is 11.6 Å². The first-order valence-corrected chi connectivity index (χ1v) is 4.92. The molecule has 5 heteroatoms. The van der Waals surface area contributed by atoms with E-state index in [0.717, 1.165) is 11.3 Å². The average molecular weight is 223 g/mol. The van der Waals surface area contributed by atoms with Crippen LogP contribution in [-0.2, 0) is 6.54 Å². The number of nitrogens with zero attached hydrogens (tertiary/aromatic N) is 3. The quantitative estimate of drug-likeness (QED) is 0.844. The van der Waals surface area contributed by atoms with E-state index in [0.29, 0.717) is 17.3 Å². The highest BCUT2D eigenvalue weighted by atomic mass is 35.5. The lowest BCUT2D eigenvalue weighted by Gasteiger charge is -2.02. The Morgan fingerprint density at radius 3 is 2.93 bits per heavy atom. The van der Waals surface area contributed by atoms with E-state index in [1.165, 1.54) is 0 Å². The van der Waals surface area contributed by atoms with Crippen LogP contribution in [0.25, 0.3) is 0 Å². The fourth-order valence-corrected chi connectivity index (χ4v) is 1.50. The van der Waals surface area contributed by atoms with Crippen molar-refractivity contribution in [2.75, 3.05) is 5.73 Å². The summed E-state index contributed by atoms with van der Waals surface area (Å²) in [6.45, 7) is 2.49. The molecule has 0 unspecified atom stereocenters. The van der Waals surface area contributed by atoms with E-state index in [1.807, 2.05) is 13.0 Å². The Kier molecular flexibility index (Phi) is 2.60. The molecule has 0 spiro atoms. The Morgan fingerprint density at radius 1 is 1.53 bits per heavy atom. The van der Waals surface area contributed by atoms with Crippen LogP contribution in [0.1, 0.15) is 11.3 Å². The number of hydrogen-bond acceptors (Lipinski definition) is 3. The first-order valence-electron chi connectivity index (χ1n) is 4.55. The van der Waals surface area contributed by atoms with Crippen LogP contribution < -0.4 is 5.73 Å². The number of rotatable bonds is 2. The Bertz CT molecular complexity index is 459. The first-order chi connectivity index (χ1) is 7.16. The van der Waals surface area contributed by atoms with Gasteiger partial charge in [0.1, 0.15) is 0 Å². The first kappa shape index (κ1) is 9.98. The maximum Gasteiger partial charge on any atom is 0.0823 e. The van der Waals surface area contributed by atoms with Crippen LogP contribution in [0.2, 0.25) is 5.02 Å². The van der Waals surface area contributed by atoms with Crippen molar-refractivity contribution in [2.24, 2.45) is 0 Å². The van der Waals surface area contributed by atoms with Crippen LogP contribution in [0.5, 0.6) is 0 Å². The Hall–Kier alpha value is -1.55. The van der Waals surface area contributed by atoms with Crippen molar-refractivity contribution < 1.29 is 0 Å². The molecule has 0 aliphatic heterocycles. The molecule has 2 rings (SSSR count). The standard InChI is InChI=1S/C10H11ClN4/c1-7-10(12)6-15(14-7)5-8-2-3-13-4-9(8)11/h2-4,6H,5,12H2,1H3. The molecule has 4 nitrogen and oxygen atoms in total. The molecule has 0 amide bonds. The van der Waals surface area contributed by atoms with E-state index >= 15 is 0 Å². The summed E-state index contributed by atoms with van der Waals surface area (Å²) in [5.41, 5.74) is 8.21. The van der Waals surface area contributed by atoms with Gasteiger partial charge in [0.05, 0.1) is 22.9 Å². The third-order valence-corrected chi connectivity index (χ3v) is 2.51. The number of hydrogen-bond donors (Lipinski definition) is 1. The fraction of sp³-hybridized carbons (Fsp3) is 0.200. The van der Waals surface area contributed by atoms with E-state index in [9.17, 15) is 0 Å². The van der Waals surface area contributed by atoms with Gasteiger partial charge in [0.25, 0.3) is 0 Å². The highest BCUT2D eigenvalue weighted by Crippen LogP contribution is 2.15. The number of aryl methyl sites for hydroxylation is 1. The molecule has 0 aliphatic carbocycles. The van der Waals surface area contributed by atoms with E-state index in [4.69, 9.17) is 17.3 Å². The van der Waals surface area contributed by atoms with Crippen molar-refractivity contribution in [1.82, 2.24) is 14.8 Å². The number of nitrogens with two attached hydrogens (primary N) is 1. The lowest BCUT2D eigenvalue weighted by molar-refractivity contribution is 0.679. The summed E-state index contributed by atoms with van der Waals surface area (Å²) in [4.78, 5) is 3.92. The topological polar surface area (TPSA) is 56.7 Å². The molecule has 0 saturated heterocycles. The molecule has 0 saturated carbocycles. The monoisotopic (exact) mass is 222 g/mol. The molecule has 15 heavy (non-hydrogen) atoms. The lowest BCUT2D eigenvalue weighted by atomic mass is 10.3. The molecule has 78 valence electrons. The minimum absolute atomic E-state index is 0.611. The molecule has 0 aromatic carbocycles. The molecule has 2 heterocycles. The summed E-state index contributed by atoms with van der Waals surface area (Å²) < 4.78 is 1.77. The minimum atomic E-state index is 0.611. The molecule has 0 aliphatic rings. The predicted molar refractivity (Wildman–Crippen MR) is 59.7 cm³/mol. The van der Waals surface area contributed by atoms with Gasteiger partial charge in [-0.05, 0) is 18.6 Å². The van der Waals surface area contributed by atoms with Gasteiger partial charge in [0, 0.05) is 18.6 Å². The van der Waals surface area contributed by atoms with E-state index < -0.39 is 0 Å². The molecule has 2 aromatic rings. The average Bonchev–Trinajstić information content (AvgIpc) is 2.50. The van der Waals surface area contributed by atoms with Crippen molar-refractivity contribution in [3.63, 3.8) is 0 Å². The van der Waals surface area contributed by atoms with Crippen molar-refractivity contribution in [2.45, 2.75) is 13.5 Å². The van der Waals surface area contributed by atoms with Crippen LogP contribution in [0.15, 0.2) is 24.7 Å². The van der Waals surface area contributed by atoms with Gasteiger partial charge in [-0.25, -0.2) is 0 Å². The summed E-state index contributed by atoms with van der Waals surface area (Å²) in [7, 11) is 0. The summed E-state index contributed by atoms with van der Waals surface area (Å²) in [5, 5.41) is 4.90. The second-order valence-corrected chi connectivity index (χ2v) is 3.74. The van der Waals surface area contributed by atoms with Gasteiger partial charge < -0.3 is 5.73 Å². The van der Waals surface area contributed by atoms with Crippen LogP contribution in [0, 0.1) is 6.92 Å². The van der Waals surface area contributed by atoms with Gasteiger partial charge in [-0.15, -0.1) is 0 Å². The summed E-state index contributed by atoms with van der Waals surface area (Å²) in [5.74, 6) is 0. The number of pyridine rings is 1. The highest BCUT2D eigenvalue weighted by molar-refractivity contribution is 6.31.